The molecule has 5 nitrogen and oxygen atoms in total. The van der Waals surface area contributed by atoms with Gasteiger partial charge in [0.2, 0.25) is 11.8 Å². The van der Waals surface area contributed by atoms with Crippen molar-refractivity contribution in [1.29, 1.82) is 0 Å². The summed E-state index contributed by atoms with van der Waals surface area (Å²) in [6, 6.07) is 1.84. The van der Waals surface area contributed by atoms with Gasteiger partial charge < -0.3 is 15.8 Å². The number of anilines is 1. The summed E-state index contributed by atoms with van der Waals surface area (Å²) in [4.78, 5) is 8.66. The lowest BCUT2D eigenvalue weighted by Crippen LogP contribution is -2.31. The average Bonchev–Trinajstić information content (AvgIpc) is 2.33. The van der Waals surface area contributed by atoms with Gasteiger partial charge in [-0.15, -0.1) is 0 Å². The SMILES string of the molecule is CCCOc1cc(C)nc(NCC(C)(C)CN)n1. The summed E-state index contributed by atoms with van der Waals surface area (Å²) in [5.41, 5.74) is 6.61. The minimum atomic E-state index is 0.0253. The van der Waals surface area contributed by atoms with E-state index in [0.717, 1.165) is 18.7 Å². The molecule has 102 valence electrons. The number of hydrogen-bond donors (Lipinski definition) is 2. The lowest BCUT2D eigenvalue weighted by molar-refractivity contribution is 0.304. The molecule has 0 radical (unpaired) electrons. The summed E-state index contributed by atoms with van der Waals surface area (Å²) in [6.07, 6.45) is 0.964. The van der Waals surface area contributed by atoms with Gasteiger partial charge in [0.1, 0.15) is 0 Å². The largest absolute Gasteiger partial charge is 0.478 e. The third-order valence-corrected chi connectivity index (χ3v) is 2.56. The number of aryl methyl sites for hydroxylation is 1. The van der Waals surface area contributed by atoms with E-state index in [1.54, 1.807) is 0 Å². The molecular weight excluding hydrogens is 228 g/mol. The van der Waals surface area contributed by atoms with Crippen LogP contribution in [0.4, 0.5) is 5.95 Å². The lowest BCUT2D eigenvalue weighted by Gasteiger charge is -2.22. The second kappa shape index (κ2) is 6.54. The van der Waals surface area contributed by atoms with Crippen LogP contribution in [-0.2, 0) is 0 Å². The molecule has 0 saturated carbocycles. The Bertz CT molecular complexity index is 379. The maximum atomic E-state index is 5.69. The highest BCUT2D eigenvalue weighted by Gasteiger charge is 2.15. The number of ether oxygens (including phenoxy) is 1. The monoisotopic (exact) mass is 252 g/mol. The zero-order valence-corrected chi connectivity index (χ0v) is 11.8. The third kappa shape index (κ3) is 4.87. The Labute approximate surface area is 109 Å². The van der Waals surface area contributed by atoms with Crippen LogP contribution in [-0.4, -0.2) is 29.7 Å². The molecule has 1 rings (SSSR count). The molecule has 18 heavy (non-hydrogen) atoms. The minimum Gasteiger partial charge on any atom is -0.478 e. The number of nitrogens with two attached hydrogens (primary N) is 1. The molecule has 0 spiro atoms. The zero-order valence-electron chi connectivity index (χ0n) is 11.8. The van der Waals surface area contributed by atoms with Crippen LogP contribution in [0.15, 0.2) is 6.07 Å². The van der Waals surface area contributed by atoms with Crippen LogP contribution in [0.2, 0.25) is 0 Å². The summed E-state index contributed by atoms with van der Waals surface area (Å²) in [5.74, 6) is 1.22. The van der Waals surface area contributed by atoms with E-state index in [-0.39, 0.29) is 5.41 Å². The van der Waals surface area contributed by atoms with Crippen LogP contribution >= 0.6 is 0 Å². The van der Waals surface area contributed by atoms with Gasteiger partial charge in [-0.2, -0.15) is 4.98 Å². The molecule has 0 aliphatic carbocycles. The first-order chi connectivity index (χ1) is 8.46. The van der Waals surface area contributed by atoms with Crippen molar-refractivity contribution in [2.45, 2.75) is 34.1 Å². The van der Waals surface area contributed by atoms with Crippen molar-refractivity contribution in [1.82, 2.24) is 9.97 Å². The molecule has 0 bridgehead atoms. The number of nitrogens with one attached hydrogen (secondary N) is 1. The predicted octanol–water partition coefficient (Wildman–Crippen LogP) is 1.97. The first kappa shape index (κ1) is 14.7. The van der Waals surface area contributed by atoms with Crippen molar-refractivity contribution in [3.05, 3.63) is 11.8 Å². The molecule has 0 atom stereocenters. The molecule has 0 fully saturated rings. The molecule has 0 amide bonds. The Morgan fingerprint density at radius 2 is 2.11 bits per heavy atom. The van der Waals surface area contributed by atoms with E-state index in [2.05, 4.69) is 36.1 Å². The fourth-order valence-electron chi connectivity index (χ4n) is 1.29. The predicted molar refractivity (Wildman–Crippen MR) is 73.9 cm³/mol. The maximum absolute atomic E-state index is 5.69. The van der Waals surface area contributed by atoms with Crippen LogP contribution in [0.3, 0.4) is 0 Å². The summed E-state index contributed by atoms with van der Waals surface area (Å²) in [7, 11) is 0. The van der Waals surface area contributed by atoms with E-state index in [4.69, 9.17) is 10.5 Å². The normalized spacial score (nSPS) is 11.4. The Hall–Kier alpha value is -1.36. The van der Waals surface area contributed by atoms with Gasteiger partial charge in [0.05, 0.1) is 6.61 Å². The lowest BCUT2D eigenvalue weighted by atomic mass is 9.94. The Kier molecular flexibility index (Phi) is 5.34. The van der Waals surface area contributed by atoms with E-state index in [0.29, 0.717) is 25.0 Å². The highest BCUT2D eigenvalue weighted by Crippen LogP contribution is 2.16. The Morgan fingerprint density at radius 3 is 2.72 bits per heavy atom. The van der Waals surface area contributed by atoms with Crippen molar-refractivity contribution in [2.75, 3.05) is 25.0 Å². The summed E-state index contributed by atoms with van der Waals surface area (Å²) in [5, 5.41) is 3.21. The molecule has 0 aliphatic heterocycles. The molecule has 3 N–H and O–H groups in total. The molecule has 0 aromatic carbocycles. The van der Waals surface area contributed by atoms with Gasteiger partial charge in [0, 0.05) is 18.3 Å². The minimum absolute atomic E-state index is 0.0253. The van der Waals surface area contributed by atoms with Crippen LogP contribution in [0.25, 0.3) is 0 Å². The Morgan fingerprint density at radius 1 is 1.39 bits per heavy atom. The van der Waals surface area contributed by atoms with Gasteiger partial charge >= 0.3 is 0 Å². The van der Waals surface area contributed by atoms with E-state index < -0.39 is 0 Å². The standard InChI is InChI=1S/C13H24N4O/c1-5-6-18-11-7-10(2)16-12(17-11)15-9-13(3,4)8-14/h7H,5-6,8-9,14H2,1-4H3,(H,15,16,17). The smallest absolute Gasteiger partial charge is 0.226 e. The fourth-order valence-corrected chi connectivity index (χ4v) is 1.29. The first-order valence-electron chi connectivity index (χ1n) is 6.39. The van der Waals surface area contributed by atoms with Gasteiger partial charge in [-0.05, 0) is 25.3 Å². The van der Waals surface area contributed by atoms with Crippen LogP contribution in [0.1, 0.15) is 32.9 Å². The molecule has 1 heterocycles. The van der Waals surface area contributed by atoms with E-state index in [9.17, 15) is 0 Å². The molecule has 5 heteroatoms. The fraction of sp³-hybridized carbons (Fsp3) is 0.692. The first-order valence-corrected chi connectivity index (χ1v) is 6.39. The Balaban J connectivity index is 2.68. The molecule has 0 unspecified atom stereocenters. The highest BCUT2D eigenvalue weighted by atomic mass is 16.5. The van der Waals surface area contributed by atoms with Crippen molar-refractivity contribution >= 4 is 5.95 Å². The van der Waals surface area contributed by atoms with Crippen LogP contribution in [0, 0.1) is 12.3 Å². The van der Waals surface area contributed by atoms with Crippen LogP contribution in [0.5, 0.6) is 5.88 Å². The van der Waals surface area contributed by atoms with Crippen molar-refractivity contribution in [2.24, 2.45) is 11.1 Å². The zero-order chi connectivity index (χ0) is 13.6. The van der Waals surface area contributed by atoms with Gasteiger partial charge in [0.15, 0.2) is 0 Å². The van der Waals surface area contributed by atoms with Crippen molar-refractivity contribution in [3.8, 4) is 5.88 Å². The van der Waals surface area contributed by atoms with E-state index in [1.165, 1.54) is 0 Å². The molecule has 0 aliphatic rings. The topological polar surface area (TPSA) is 73.1 Å². The molecular formula is C13H24N4O. The summed E-state index contributed by atoms with van der Waals surface area (Å²) in [6.45, 7) is 10.2. The number of nitrogens with zero attached hydrogens (tertiary/aromatic N) is 2. The number of rotatable bonds is 7. The van der Waals surface area contributed by atoms with Gasteiger partial charge in [-0.25, -0.2) is 4.98 Å². The maximum Gasteiger partial charge on any atom is 0.226 e. The second-order valence-corrected chi connectivity index (χ2v) is 5.24. The number of hydrogen-bond acceptors (Lipinski definition) is 5. The summed E-state index contributed by atoms with van der Waals surface area (Å²) >= 11 is 0. The van der Waals surface area contributed by atoms with Crippen molar-refractivity contribution < 1.29 is 4.74 Å². The molecule has 0 saturated heterocycles. The third-order valence-electron chi connectivity index (χ3n) is 2.56. The van der Waals surface area contributed by atoms with Gasteiger partial charge in [-0.1, -0.05) is 20.8 Å². The van der Waals surface area contributed by atoms with E-state index in [1.807, 2.05) is 13.0 Å². The molecule has 1 aromatic rings. The number of aromatic nitrogens is 2. The van der Waals surface area contributed by atoms with Gasteiger partial charge in [-0.3, -0.25) is 0 Å². The second-order valence-electron chi connectivity index (χ2n) is 5.24. The summed E-state index contributed by atoms with van der Waals surface area (Å²) < 4.78 is 5.52. The van der Waals surface area contributed by atoms with E-state index >= 15 is 0 Å². The van der Waals surface area contributed by atoms with Gasteiger partial charge in [0.25, 0.3) is 0 Å². The average molecular weight is 252 g/mol. The molecule has 1 aromatic heterocycles. The quantitative estimate of drug-likeness (QED) is 0.776. The van der Waals surface area contributed by atoms with Crippen LogP contribution < -0.4 is 15.8 Å². The van der Waals surface area contributed by atoms with Crippen molar-refractivity contribution in [3.63, 3.8) is 0 Å². The highest BCUT2D eigenvalue weighted by molar-refractivity contribution is 5.30.